The lowest BCUT2D eigenvalue weighted by Crippen LogP contribution is -2.16. The van der Waals surface area contributed by atoms with Gasteiger partial charge >= 0.3 is 0 Å². The summed E-state index contributed by atoms with van der Waals surface area (Å²) in [6.45, 7) is 1.93. The summed E-state index contributed by atoms with van der Waals surface area (Å²) in [5.74, 6) is 0.102. The summed E-state index contributed by atoms with van der Waals surface area (Å²) in [6, 6.07) is 8.89. The molecule has 7 heteroatoms. The van der Waals surface area contributed by atoms with E-state index in [0.717, 1.165) is 29.7 Å². The fourth-order valence-corrected chi connectivity index (χ4v) is 2.72. The van der Waals surface area contributed by atoms with Crippen molar-refractivity contribution in [2.24, 2.45) is 5.92 Å². The molecule has 3 aromatic heterocycles. The molecule has 4 rings (SSSR count). The Morgan fingerprint density at radius 1 is 0.964 bits per heavy atom. The molecule has 2 N–H and O–H groups in total. The van der Waals surface area contributed by atoms with Crippen LogP contribution in [0, 0.1) is 12.8 Å². The molecule has 1 saturated carbocycles. The average Bonchev–Trinajstić information content (AvgIpc) is 3.54. The van der Waals surface area contributed by atoms with Crippen LogP contribution < -0.4 is 10.6 Å². The molecule has 0 aliphatic heterocycles. The van der Waals surface area contributed by atoms with E-state index in [1.54, 1.807) is 30.7 Å². The third kappa shape index (κ3) is 4.20. The van der Waals surface area contributed by atoms with E-state index < -0.39 is 0 Å². The van der Waals surface area contributed by atoms with Crippen LogP contribution in [0.4, 0.5) is 11.5 Å². The average molecular weight is 373 g/mol. The number of pyridine rings is 3. The van der Waals surface area contributed by atoms with Gasteiger partial charge in [-0.1, -0.05) is 6.07 Å². The third-order valence-corrected chi connectivity index (χ3v) is 4.46. The van der Waals surface area contributed by atoms with Crippen LogP contribution in [0.2, 0.25) is 0 Å². The molecule has 0 atom stereocenters. The van der Waals surface area contributed by atoms with Gasteiger partial charge in [-0.2, -0.15) is 0 Å². The minimum Gasteiger partial charge on any atom is -0.321 e. The van der Waals surface area contributed by atoms with Crippen molar-refractivity contribution < 1.29 is 9.59 Å². The molecule has 0 saturated heterocycles. The number of hydrogen-bond donors (Lipinski definition) is 2. The molecule has 28 heavy (non-hydrogen) atoms. The van der Waals surface area contributed by atoms with E-state index in [4.69, 9.17) is 0 Å². The van der Waals surface area contributed by atoms with Gasteiger partial charge in [0.05, 0.1) is 11.9 Å². The Morgan fingerprint density at radius 3 is 2.57 bits per heavy atom. The van der Waals surface area contributed by atoms with E-state index >= 15 is 0 Å². The SMILES string of the molecule is Cc1ccc(-c2cncc(NC(=O)c3ccnc(NC(=O)C4CC4)c3)c2)cn1. The molecular formula is C21H19N5O2. The first-order valence-corrected chi connectivity index (χ1v) is 9.05. The molecule has 0 radical (unpaired) electrons. The number of rotatable bonds is 5. The molecular weight excluding hydrogens is 354 g/mol. The highest BCUT2D eigenvalue weighted by atomic mass is 16.2. The zero-order valence-corrected chi connectivity index (χ0v) is 15.3. The molecule has 1 fully saturated rings. The van der Waals surface area contributed by atoms with Gasteiger partial charge < -0.3 is 10.6 Å². The van der Waals surface area contributed by atoms with Crippen LogP contribution in [-0.2, 0) is 4.79 Å². The minimum absolute atomic E-state index is 0.0475. The first kappa shape index (κ1) is 17.8. The molecule has 0 unspecified atom stereocenters. The summed E-state index contributed by atoms with van der Waals surface area (Å²) in [6.07, 6.45) is 8.40. The van der Waals surface area contributed by atoms with Crippen molar-refractivity contribution >= 4 is 23.3 Å². The monoisotopic (exact) mass is 373 g/mol. The number of anilines is 2. The predicted octanol–water partition coefficient (Wildman–Crippen LogP) is 3.45. The summed E-state index contributed by atoms with van der Waals surface area (Å²) < 4.78 is 0. The molecule has 1 aliphatic rings. The summed E-state index contributed by atoms with van der Waals surface area (Å²) in [7, 11) is 0. The first-order chi connectivity index (χ1) is 13.6. The summed E-state index contributed by atoms with van der Waals surface area (Å²) in [4.78, 5) is 37.1. The number of carbonyl (C=O) groups excluding carboxylic acids is 2. The van der Waals surface area contributed by atoms with Crippen LogP contribution in [-0.4, -0.2) is 26.8 Å². The fraction of sp³-hybridized carbons (Fsp3) is 0.190. The van der Waals surface area contributed by atoms with Gasteiger partial charge in [-0.05, 0) is 44.0 Å². The maximum absolute atomic E-state index is 12.6. The Kier molecular flexibility index (Phi) is 4.80. The maximum atomic E-state index is 12.6. The van der Waals surface area contributed by atoms with E-state index in [0.29, 0.717) is 17.1 Å². The second-order valence-corrected chi connectivity index (χ2v) is 6.80. The number of nitrogens with zero attached hydrogens (tertiary/aromatic N) is 3. The molecule has 2 amide bonds. The number of aromatic nitrogens is 3. The Morgan fingerprint density at radius 2 is 1.82 bits per heavy atom. The van der Waals surface area contributed by atoms with Crippen molar-refractivity contribution in [1.29, 1.82) is 0 Å². The van der Waals surface area contributed by atoms with Crippen molar-refractivity contribution in [1.82, 2.24) is 15.0 Å². The lowest BCUT2D eigenvalue weighted by Gasteiger charge is -2.09. The highest BCUT2D eigenvalue weighted by Gasteiger charge is 2.29. The van der Waals surface area contributed by atoms with Gasteiger partial charge in [-0.25, -0.2) is 4.98 Å². The van der Waals surface area contributed by atoms with E-state index in [2.05, 4.69) is 25.6 Å². The van der Waals surface area contributed by atoms with Gasteiger partial charge in [-0.15, -0.1) is 0 Å². The van der Waals surface area contributed by atoms with E-state index in [1.807, 2.05) is 25.1 Å². The smallest absolute Gasteiger partial charge is 0.255 e. The van der Waals surface area contributed by atoms with E-state index in [1.165, 1.54) is 6.20 Å². The second kappa shape index (κ2) is 7.56. The maximum Gasteiger partial charge on any atom is 0.255 e. The standard InChI is InChI=1S/C21H19N5O2/c1-13-2-3-16(11-24-13)17-8-18(12-22-10-17)25-21(28)15-6-7-23-19(9-15)26-20(27)14-4-5-14/h2-3,6-12,14H,4-5H2,1H3,(H,25,28)(H,23,26,27). The zero-order chi connectivity index (χ0) is 19.5. The molecule has 7 nitrogen and oxygen atoms in total. The molecule has 0 spiro atoms. The minimum atomic E-state index is -0.301. The highest BCUT2D eigenvalue weighted by Crippen LogP contribution is 2.30. The second-order valence-electron chi connectivity index (χ2n) is 6.80. The van der Waals surface area contributed by atoms with Gasteiger partial charge in [0.15, 0.2) is 0 Å². The Balaban J connectivity index is 1.48. The van der Waals surface area contributed by atoms with Crippen molar-refractivity contribution in [2.45, 2.75) is 19.8 Å². The van der Waals surface area contributed by atoms with Crippen LogP contribution in [0.15, 0.2) is 55.1 Å². The Labute approximate surface area is 162 Å². The van der Waals surface area contributed by atoms with Crippen LogP contribution in [0.25, 0.3) is 11.1 Å². The fourth-order valence-electron chi connectivity index (χ4n) is 2.72. The van der Waals surface area contributed by atoms with Crippen LogP contribution in [0.1, 0.15) is 28.9 Å². The summed E-state index contributed by atoms with van der Waals surface area (Å²) >= 11 is 0. The Hall–Kier alpha value is -3.61. The molecule has 0 aromatic carbocycles. The normalized spacial score (nSPS) is 13.0. The summed E-state index contributed by atoms with van der Waals surface area (Å²) in [5, 5.41) is 5.58. The third-order valence-electron chi connectivity index (χ3n) is 4.46. The van der Waals surface area contributed by atoms with E-state index in [9.17, 15) is 9.59 Å². The van der Waals surface area contributed by atoms with Crippen LogP contribution in [0.3, 0.4) is 0 Å². The number of carbonyl (C=O) groups is 2. The van der Waals surface area contributed by atoms with Crippen molar-refractivity contribution in [2.75, 3.05) is 10.6 Å². The van der Waals surface area contributed by atoms with Crippen molar-refractivity contribution in [3.8, 4) is 11.1 Å². The van der Waals surface area contributed by atoms with Gasteiger partial charge in [0.25, 0.3) is 5.91 Å². The Bertz CT molecular complexity index is 1030. The lowest BCUT2D eigenvalue weighted by atomic mass is 10.1. The summed E-state index contributed by atoms with van der Waals surface area (Å²) in [5.41, 5.74) is 3.69. The largest absolute Gasteiger partial charge is 0.321 e. The number of hydrogen-bond acceptors (Lipinski definition) is 5. The zero-order valence-electron chi connectivity index (χ0n) is 15.3. The molecule has 0 bridgehead atoms. The first-order valence-electron chi connectivity index (χ1n) is 9.05. The number of amides is 2. The molecule has 1 aliphatic carbocycles. The van der Waals surface area contributed by atoms with E-state index in [-0.39, 0.29) is 17.7 Å². The van der Waals surface area contributed by atoms with Crippen molar-refractivity contribution in [3.63, 3.8) is 0 Å². The van der Waals surface area contributed by atoms with Gasteiger partial charge in [0, 0.05) is 46.9 Å². The molecule has 3 aromatic rings. The quantitative estimate of drug-likeness (QED) is 0.714. The molecule has 140 valence electrons. The van der Waals surface area contributed by atoms with Crippen LogP contribution in [0.5, 0.6) is 0 Å². The van der Waals surface area contributed by atoms with Crippen molar-refractivity contribution in [3.05, 3.63) is 66.4 Å². The molecule has 3 heterocycles. The number of nitrogens with one attached hydrogen (secondary N) is 2. The highest BCUT2D eigenvalue weighted by molar-refractivity contribution is 6.05. The van der Waals surface area contributed by atoms with Gasteiger partial charge in [-0.3, -0.25) is 19.6 Å². The topological polar surface area (TPSA) is 96.9 Å². The van der Waals surface area contributed by atoms with Crippen LogP contribution >= 0.6 is 0 Å². The van der Waals surface area contributed by atoms with Gasteiger partial charge in [0.2, 0.25) is 5.91 Å². The van der Waals surface area contributed by atoms with Gasteiger partial charge in [0.1, 0.15) is 5.82 Å². The lowest BCUT2D eigenvalue weighted by molar-refractivity contribution is -0.117. The predicted molar refractivity (Wildman–Crippen MR) is 106 cm³/mol. The number of aryl methyl sites for hydroxylation is 1.